The number of carbonyl (C=O) groups excluding carboxylic acids is 2. The normalized spacial score (nSPS) is 11.1. The minimum Gasteiger partial charge on any atom is -0.463 e. The molecule has 0 aliphatic rings. The molecule has 0 saturated heterocycles. The van der Waals surface area contributed by atoms with Gasteiger partial charge in [0.05, 0.1) is 39.6 Å². The van der Waals surface area contributed by atoms with Crippen molar-refractivity contribution < 1.29 is 33.3 Å². The van der Waals surface area contributed by atoms with Crippen LogP contribution in [0.3, 0.4) is 0 Å². The van der Waals surface area contributed by atoms with Crippen LogP contribution in [-0.4, -0.2) is 64.8 Å². The minimum atomic E-state index is -0.137. The second kappa shape index (κ2) is 31.0. The third kappa shape index (κ3) is 30.9. The zero-order chi connectivity index (χ0) is 27.1. The molecule has 0 heterocycles. The molecule has 0 unspecified atom stereocenters. The van der Waals surface area contributed by atoms with Crippen molar-refractivity contribution in [3.05, 3.63) is 0 Å². The van der Waals surface area contributed by atoms with E-state index in [9.17, 15) is 9.59 Å². The molecule has 7 heteroatoms. The van der Waals surface area contributed by atoms with E-state index in [0.717, 1.165) is 25.7 Å². The first kappa shape index (κ1) is 35.8. The molecule has 0 bridgehead atoms. The van der Waals surface area contributed by atoms with Gasteiger partial charge in [-0.1, -0.05) is 104 Å². The summed E-state index contributed by atoms with van der Waals surface area (Å²) in [6.07, 6.45) is 20.4. The lowest BCUT2D eigenvalue weighted by atomic mass is 10.1. The number of rotatable bonds is 30. The number of hydrogen-bond donors (Lipinski definition) is 0. The highest BCUT2D eigenvalue weighted by molar-refractivity contribution is 5.69. The fourth-order valence-corrected chi connectivity index (χ4v) is 3.92. The molecule has 0 amide bonds. The lowest BCUT2D eigenvalue weighted by Crippen LogP contribution is -2.15. The standard InChI is InChI=1S/C30H58O7/c1-3-5-7-9-11-13-15-17-19-29(31)36-27-25-34-23-21-33-22-24-35-26-28-37-30(32)20-18-16-14-12-10-8-6-4-2/h3-28H2,1-2H3. The van der Waals surface area contributed by atoms with Gasteiger partial charge in [0.2, 0.25) is 0 Å². The van der Waals surface area contributed by atoms with Crippen molar-refractivity contribution >= 4 is 11.9 Å². The minimum absolute atomic E-state index is 0.137. The Labute approximate surface area is 227 Å². The molecule has 0 aliphatic heterocycles. The van der Waals surface area contributed by atoms with E-state index in [2.05, 4.69) is 13.8 Å². The van der Waals surface area contributed by atoms with Crippen LogP contribution < -0.4 is 0 Å². The molecule has 0 aromatic rings. The molecule has 0 rings (SSSR count). The van der Waals surface area contributed by atoms with Gasteiger partial charge < -0.3 is 23.7 Å². The largest absolute Gasteiger partial charge is 0.463 e. The molecular weight excluding hydrogens is 472 g/mol. The van der Waals surface area contributed by atoms with Gasteiger partial charge in [-0.25, -0.2) is 0 Å². The summed E-state index contributed by atoms with van der Waals surface area (Å²) in [5.74, 6) is -0.274. The SMILES string of the molecule is CCCCCCCCCCC(=O)OCCOCCOCCOCCOC(=O)CCCCCCCCCC. The highest BCUT2D eigenvalue weighted by Crippen LogP contribution is 2.11. The maximum atomic E-state index is 11.7. The molecule has 37 heavy (non-hydrogen) atoms. The molecule has 7 nitrogen and oxygen atoms in total. The Bertz CT molecular complexity index is 443. The topological polar surface area (TPSA) is 80.3 Å². The molecule has 0 saturated carbocycles. The monoisotopic (exact) mass is 530 g/mol. The number of esters is 2. The van der Waals surface area contributed by atoms with Gasteiger partial charge in [0.1, 0.15) is 13.2 Å². The summed E-state index contributed by atoms with van der Waals surface area (Å²) in [5.41, 5.74) is 0. The van der Waals surface area contributed by atoms with Crippen LogP contribution in [0.4, 0.5) is 0 Å². The molecule has 0 aliphatic carbocycles. The third-order valence-electron chi connectivity index (χ3n) is 6.19. The molecule has 0 radical (unpaired) electrons. The Hall–Kier alpha value is -1.18. The van der Waals surface area contributed by atoms with Crippen molar-refractivity contribution in [2.75, 3.05) is 52.9 Å². The van der Waals surface area contributed by atoms with E-state index in [1.807, 2.05) is 0 Å². The number of carbonyl (C=O) groups is 2. The van der Waals surface area contributed by atoms with Gasteiger partial charge in [0.15, 0.2) is 0 Å². The lowest BCUT2D eigenvalue weighted by Gasteiger charge is -2.08. The van der Waals surface area contributed by atoms with E-state index in [4.69, 9.17) is 23.7 Å². The van der Waals surface area contributed by atoms with Crippen LogP contribution in [0.5, 0.6) is 0 Å². The number of ether oxygens (including phenoxy) is 5. The third-order valence-corrected chi connectivity index (χ3v) is 6.19. The van der Waals surface area contributed by atoms with E-state index in [1.165, 1.54) is 77.0 Å². The van der Waals surface area contributed by atoms with E-state index in [-0.39, 0.29) is 25.2 Å². The highest BCUT2D eigenvalue weighted by Gasteiger charge is 2.04. The average molecular weight is 531 g/mol. The molecule has 0 aromatic heterocycles. The summed E-state index contributed by atoms with van der Waals surface area (Å²) >= 11 is 0. The summed E-state index contributed by atoms with van der Waals surface area (Å²) in [7, 11) is 0. The van der Waals surface area contributed by atoms with E-state index in [1.54, 1.807) is 0 Å². The van der Waals surface area contributed by atoms with Crippen molar-refractivity contribution in [2.24, 2.45) is 0 Å². The Morgan fingerprint density at radius 2 is 0.649 bits per heavy atom. The van der Waals surface area contributed by atoms with Gasteiger partial charge >= 0.3 is 11.9 Å². The summed E-state index contributed by atoms with van der Waals surface area (Å²) in [6, 6.07) is 0. The van der Waals surface area contributed by atoms with Crippen LogP contribution in [0.2, 0.25) is 0 Å². The summed E-state index contributed by atoms with van der Waals surface area (Å²) in [4.78, 5) is 23.4. The molecule has 220 valence electrons. The fourth-order valence-electron chi connectivity index (χ4n) is 3.92. The van der Waals surface area contributed by atoms with Gasteiger partial charge in [-0.05, 0) is 12.8 Å². The van der Waals surface area contributed by atoms with Crippen LogP contribution in [0.25, 0.3) is 0 Å². The van der Waals surface area contributed by atoms with Gasteiger partial charge in [0.25, 0.3) is 0 Å². The fraction of sp³-hybridized carbons (Fsp3) is 0.933. The van der Waals surface area contributed by atoms with Gasteiger partial charge in [0, 0.05) is 12.8 Å². The smallest absolute Gasteiger partial charge is 0.305 e. The van der Waals surface area contributed by atoms with Crippen LogP contribution >= 0.6 is 0 Å². The zero-order valence-electron chi connectivity index (χ0n) is 24.2. The molecular formula is C30H58O7. The van der Waals surface area contributed by atoms with E-state index >= 15 is 0 Å². The van der Waals surface area contributed by atoms with Gasteiger partial charge in [-0.2, -0.15) is 0 Å². The predicted molar refractivity (Wildman–Crippen MR) is 149 cm³/mol. The summed E-state index contributed by atoms with van der Waals surface area (Å²) in [5, 5.41) is 0. The second-order valence-electron chi connectivity index (χ2n) is 9.73. The van der Waals surface area contributed by atoms with E-state index in [0.29, 0.717) is 52.5 Å². The zero-order valence-corrected chi connectivity index (χ0v) is 24.2. The molecule has 0 fully saturated rings. The van der Waals surface area contributed by atoms with Crippen molar-refractivity contribution in [3.8, 4) is 0 Å². The molecule has 0 atom stereocenters. The lowest BCUT2D eigenvalue weighted by molar-refractivity contribution is -0.146. The van der Waals surface area contributed by atoms with Crippen LogP contribution in [0, 0.1) is 0 Å². The maximum Gasteiger partial charge on any atom is 0.305 e. The molecule has 0 aromatic carbocycles. The Morgan fingerprint density at radius 3 is 0.973 bits per heavy atom. The Kier molecular flexibility index (Phi) is 30.1. The average Bonchev–Trinajstić information content (AvgIpc) is 2.89. The van der Waals surface area contributed by atoms with Crippen molar-refractivity contribution in [1.82, 2.24) is 0 Å². The van der Waals surface area contributed by atoms with Gasteiger partial charge in [-0.15, -0.1) is 0 Å². The first-order valence-corrected chi connectivity index (χ1v) is 15.2. The quantitative estimate of drug-likeness (QED) is 0.0718. The van der Waals surface area contributed by atoms with E-state index < -0.39 is 0 Å². The van der Waals surface area contributed by atoms with Crippen LogP contribution in [-0.2, 0) is 33.3 Å². The maximum absolute atomic E-state index is 11.7. The van der Waals surface area contributed by atoms with Crippen molar-refractivity contribution in [2.45, 2.75) is 129 Å². The highest BCUT2D eigenvalue weighted by atomic mass is 16.6. The van der Waals surface area contributed by atoms with Crippen LogP contribution in [0.15, 0.2) is 0 Å². The van der Waals surface area contributed by atoms with Crippen LogP contribution in [0.1, 0.15) is 129 Å². The number of hydrogen-bond acceptors (Lipinski definition) is 7. The van der Waals surface area contributed by atoms with Crippen molar-refractivity contribution in [3.63, 3.8) is 0 Å². The van der Waals surface area contributed by atoms with Crippen molar-refractivity contribution in [1.29, 1.82) is 0 Å². The summed E-state index contributed by atoms with van der Waals surface area (Å²) in [6.45, 7) is 7.62. The number of unbranched alkanes of at least 4 members (excludes halogenated alkanes) is 14. The predicted octanol–water partition coefficient (Wildman–Crippen LogP) is 7.18. The Balaban J connectivity index is 3.21. The first-order chi connectivity index (χ1) is 18.2. The first-order valence-electron chi connectivity index (χ1n) is 15.2. The van der Waals surface area contributed by atoms with Gasteiger partial charge in [-0.3, -0.25) is 9.59 Å². The molecule has 0 spiro atoms. The Morgan fingerprint density at radius 1 is 0.378 bits per heavy atom. The second-order valence-corrected chi connectivity index (χ2v) is 9.73. The molecule has 0 N–H and O–H groups in total. The summed E-state index contributed by atoms with van der Waals surface area (Å²) < 4.78 is 26.6.